The van der Waals surface area contributed by atoms with Crippen molar-refractivity contribution in [1.29, 1.82) is 0 Å². The fraction of sp³-hybridized carbons (Fsp3) is 1.00. The summed E-state index contributed by atoms with van der Waals surface area (Å²) < 4.78 is 93.2. The van der Waals surface area contributed by atoms with Crippen molar-refractivity contribution in [3.8, 4) is 0 Å². The highest BCUT2D eigenvalue weighted by Gasteiger charge is 2.98. The summed E-state index contributed by atoms with van der Waals surface area (Å²) in [5, 5.41) is -6.67. The van der Waals surface area contributed by atoms with Gasteiger partial charge in [-0.25, -0.2) is 0 Å². The predicted molar refractivity (Wildman–Crippen MR) is 573 cm³/mol. The smallest absolute Gasteiger partial charge is 0.373 e. The van der Waals surface area contributed by atoms with Gasteiger partial charge in [-0.3, -0.25) is 0 Å². The second-order valence-corrected chi connectivity index (χ2v) is 68.3. The van der Waals surface area contributed by atoms with Gasteiger partial charge in [0.15, 0.2) is 0 Å². The average molecular weight is 2150 g/mol. The average Bonchev–Trinajstić information content (AvgIpc) is 1.40. The van der Waals surface area contributed by atoms with Crippen LogP contribution in [0.2, 0.25) is 25.2 Å². The van der Waals surface area contributed by atoms with Crippen molar-refractivity contribution in [2.75, 3.05) is 99.1 Å². The van der Waals surface area contributed by atoms with Crippen LogP contribution in [0.5, 0.6) is 0 Å². The molecule has 0 aromatic carbocycles. The largest absolute Gasteiger partial charge is 0.510 e. The first-order valence-corrected chi connectivity index (χ1v) is 63.3. The molecule has 0 N–H and O–H groups in total. The maximum absolute atomic E-state index is 7.69. The molecule has 40 heteroatoms. The summed E-state index contributed by atoms with van der Waals surface area (Å²) in [6.45, 7) is 33.3. The van der Waals surface area contributed by atoms with Crippen molar-refractivity contribution in [2.24, 2.45) is 75.9 Å². The van der Waals surface area contributed by atoms with Crippen LogP contribution in [0.25, 0.3) is 0 Å². The first-order chi connectivity index (χ1) is 56.7. The molecule has 0 saturated heterocycles. The number of hydrogen-bond acceptors (Lipinski definition) is 35. The topological polar surface area (TPSA) is 138 Å². The maximum atomic E-state index is 7.69. The molecular weight excluding hydrogens is 1990 g/mol. The fourth-order valence-corrected chi connectivity index (χ4v) is 66.7. The van der Waals surface area contributed by atoms with Crippen LogP contribution in [0.3, 0.4) is 0 Å². The first kappa shape index (κ1) is 109. The van der Waals surface area contributed by atoms with Gasteiger partial charge in [0.25, 0.3) is 0 Å². The van der Waals surface area contributed by atoms with Gasteiger partial charge in [-0.05, 0) is 278 Å². The summed E-state index contributed by atoms with van der Waals surface area (Å²) in [4.78, 5) is 0. The van der Waals surface area contributed by atoms with Gasteiger partial charge < -0.3 is 66.4 Å². The molecule has 0 amide bonds. The van der Waals surface area contributed by atoms with E-state index in [-0.39, 0.29) is 178 Å². The molecule has 16 unspecified atom stereocenters. The van der Waals surface area contributed by atoms with E-state index in [9.17, 15) is 0 Å². The molecule has 706 valence electrons. The standard InChI is InChI=1S/C81H152O15S20Si5/c1-16-82-117(83-17-2,84-18-3)65(49-54-33-38-59(65)44-54)73(99,100)72(97,98)64-32-31-43-70(78(109,110)74(101,102)66(50-55-34-39-60(66)45-55)118(85-19-4,86-20-5)87-21-6,79(111,112)75(103,104)67(51-56-35-40-61(67)46-56)119(88-22-7,89-23-8)90-24-9)71(64,80(113,114)76(105,106)68(52-57-36-41-62(68)47-57)120(91-25-10,92-26-11)93-27-12)81(115,116)77(107,108)69(53-58-37-42-63(69)48-58)121(94-28-13,95-29-14)96-30-15/h54-64,97-116H,16-53H2,1-15H3. The van der Waals surface area contributed by atoms with Gasteiger partial charge in [0.05, 0.1) is 66.0 Å². The van der Waals surface area contributed by atoms with Gasteiger partial charge in [-0.2, -0.15) is 253 Å². The lowest BCUT2D eigenvalue weighted by molar-refractivity contribution is -0.126. The number of hydrogen-bond donors (Lipinski definition) is 20. The molecule has 0 aliphatic heterocycles. The highest BCUT2D eigenvalue weighted by molar-refractivity contribution is 8.12. The minimum absolute atomic E-state index is 0.00726. The van der Waals surface area contributed by atoms with E-state index in [1.807, 2.05) is 104 Å². The molecule has 0 spiro atoms. The van der Waals surface area contributed by atoms with Gasteiger partial charge in [-0.15, -0.1) is 0 Å². The van der Waals surface area contributed by atoms with E-state index in [0.717, 1.165) is 96.3 Å². The summed E-state index contributed by atoms with van der Waals surface area (Å²) in [5.41, 5.74) is -4.82. The Morgan fingerprint density at radius 1 is 0.223 bits per heavy atom. The molecular formula is C81H152O15S20Si5. The highest BCUT2D eigenvalue weighted by Crippen LogP contribution is 2.96. The monoisotopic (exact) mass is 2140 g/mol. The minimum atomic E-state index is -4.46. The molecule has 0 aromatic rings. The molecule has 0 aromatic heterocycles. The van der Waals surface area contributed by atoms with Gasteiger partial charge in [-0.1, -0.05) is 38.5 Å². The van der Waals surface area contributed by atoms with Crippen LogP contribution in [0.4, 0.5) is 0 Å². The molecule has 0 radical (unpaired) electrons. The predicted octanol–water partition coefficient (Wildman–Crippen LogP) is 22.4. The van der Waals surface area contributed by atoms with Crippen LogP contribution in [-0.2, 0) is 66.4 Å². The Morgan fingerprint density at radius 3 is 0.554 bits per heavy atom. The van der Waals surface area contributed by atoms with Crippen molar-refractivity contribution in [2.45, 2.75) is 318 Å². The summed E-state index contributed by atoms with van der Waals surface area (Å²) in [6, 6.07) is 0. The lowest BCUT2D eigenvalue weighted by Gasteiger charge is -2.83. The highest BCUT2D eigenvalue weighted by atomic mass is 32.2. The Morgan fingerprint density at radius 2 is 0.397 bits per heavy atom. The third-order valence-corrected chi connectivity index (χ3v) is 72.9. The Kier molecular flexibility index (Phi) is 36.1. The summed E-state index contributed by atoms with van der Waals surface area (Å²) in [7, 11) is -22.0. The van der Waals surface area contributed by atoms with Crippen LogP contribution in [0.15, 0.2) is 0 Å². The van der Waals surface area contributed by atoms with E-state index in [1.54, 1.807) is 0 Å². The fourth-order valence-electron chi connectivity index (χ4n) is 29.3. The van der Waals surface area contributed by atoms with Gasteiger partial charge >= 0.3 is 44.0 Å². The third kappa shape index (κ3) is 14.9. The van der Waals surface area contributed by atoms with Crippen molar-refractivity contribution in [1.82, 2.24) is 0 Å². The van der Waals surface area contributed by atoms with Crippen LogP contribution in [-0.4, -0.2) is 184 Å². The van der Waals surface area contributed by atoms with Crippen molar-refractivity contribution in [3.63, 3.8) is 0 Å². The summed E-state index contributed by atoms with van der Waals surface area (Å²) in [6.07, 6.45) is 14.9. The zero-order valence-corrected chi connectivity index (χ0v) is 97.2. The summed E-state index contributed by atoms with van der Waals surface area (Å²) in [5.74, 6) is -2.01. The van der Waals surface area contributed by atoms with Crippen LogP contribution >= 0.6 is 253 Å². The van der Waals surface area contributed by atoms with Crippen molar-refractivity contribution >= 4 is 297 Å². The van der Waals surface area contributed by atoms with E-state index < -0.39 is 127 Å². The first-order valence-electron chi connectivity index (χ1n) is 45.7. The maximum Gasteiger partial charge on any atom is 0.510 e. The van der Waals surface area contributed by atoms with Crippen molar-refractivity contribution in [3.05, 3.63) is 0 Å². The molecule has 11 saturated carbocycles. The second kappa shape index (κ2) is 40.1. The lowest BCUT2D eigenvalue weighted by Crippen LogP contribution is -2.89. The van der Waals surface area contributed by atoms with Crippen LogP contribution in [0.1, 0.15) is 252 Å². The van der Waals surface area contributed by atoms with E-state index >= 15 is 0 Å². The Labute approximate surface area is 845 Å². The molecule has 0 heterocycles. The molecule has 11 aliphatic rings. The molecule has 10 bridgehead atoms. The lowest BCUT2D eigenvalue weighted by atomic mass is 9.41. The Balaban J connectivity index is 1.52. The zero-order chi connectivity index (χ0) is 89.8. The van der Waals surface area contributed by atoms with E-state index in [2.05, 4.69) is 0 Å². The third-order valence-electron chi connectivity index (χ3n) is 32.6. The van der Waals surface area contributed by atoms with Gasteiger partial charge in [0, 0.05) is 110 Å². The second-order valence-electron chi connectivity index (χ2n) is 37.0. The quantitative estimate of drug-likeness (QED) is 0.0160. The van der Waals surface area contributed by atoms with E-state index in [0.29, 0.717) is 32.1 Å². The molecule has 16 atom stereocenters. The number of rotatable bonds is 50. The molecule has 11 rings (SSSR count). The normalized spacial score (nSPS) is 35.3. The van der Waals surface area contributed by atoms with Gasteiger partial charge in [0.2, 0.25) is 0 Å². The van der Waals surface area contributed by atoms with E-state index in [1.165, 1.54) is 0 Å². The summed E-state index contributed by atoms with van der Waals surface area (Å²) >= 11 is 137. The zero-order valence-electron chi connectivity index (χ0n) is 74.3. The SMILES string of the molecule is CCO[Si](OCC)(OCC)C1(C(S)(S)C(S)(S)C2CCCC(C(S)(S)C(S)(S)C3([Si](OCC)(OCC)OCC)CC4CCC3C4)(C(S)(S)C(S)(S)C3([Si](OCC)(OCC)OCC)CC4CCC3C4)C2(C(S)(S)C(S)(S)C2([Si](OCC)(OCC)OCC)CC3CCC2C3)C(S)(S)C(S)(S)C2([Si](OCC)(OCC)OCC)CC3CCC2C3)CC2CCC1C2. The molecule has 11 fully saturated rings. The van der Waals surface area contributed by atoms with Gasteiger partial charge in [0.1, 0.15) is 0 Å². The molecule has 121 heavy (non-hydrogen) atoms. The van der Waals surface area contributed by atoms with Crippen LogP contribution in [0, 0.1) is 75.9 Å². The van der Waals surface area contributed by atoms with E-state index in [4.69, 9.17) is 319 Å². The number of thiol groups is 20. The van der Waals surface area contributed by atoms with Crippen molar-refractivity contribution < 1.29 is 66.4 Å². The number of fused-ring (bicyclic) bond motifs is 10. The molecule has 15 nitrogen and oxygen atoms in total. The Hall–Kier alpha value is 7.48. The Bertz CT molecular complexity index is 3250. The minimum Gasteiger partial charge on any atom is -0.373 e. The molecule has 11 aliphatic carbocycles. The van der Waals surface area contributed by atoms with Crippen LogP contribution < -0.4 is 0 Å².